The summed E-state index contributed by atoms with van der Waals surface area (Å²) in [7, 11) is 0. The summed E-state index contributed by atoms with van der Waals surface area (Å²) in [4.78, 5) is 28.1. The Morgan fingerprint density at radius 1 is 1.10 bits per heavy atom. The Morgan fingerprint density at radius 2 is 1.80 bits per heavy atom. The molecule has 2 amide bonds. The van der Waals surface area contributed by atoms with E-state index >= 15 is 0 Å². The van der Waals surface area contributed by atoms with Gasteiger partial charge in [-0.2, -0.15) is 11.8 Å². The fraction of sp³-hybridized carbons (Fsp3) is 0.857. The Balaban J connectivity index is 1.42. The molecule has 3 fully saturated rings. The van der Waals surface area contributed by atoms with Gasteiger partial charge in [-0.1, -0.05) is 0 Å². The van der Waals surface area contributed by atoms with E-state index in [0.717, 1.165) is 30.9 Å². The number of nitrogens with zero attached hydrogens (tertiary/aromatic N) is 2. The van der Waals surface area contributed by atoms with Crippen LogP contribution in [0.15, 0.2) is 0 Å². The molecular weight excluding hydrogens is 274 g/mol. The third-order valence-corrected chi connectivity index (χ3v) is 5.42. The third kappa shape index (κ3) is 3.47. The Morgan fingerprint density at radius 3 is 2.40 bits per heavy atom. The van der Waals surface area contributed by atoms with E-state index in [4.69, 9.17) is 0 Å². The fourth-order valence-corrected chi connectivity index (χ4v) is 3.80. The van der Waals surface area contributed by atoms with Crippen LogP contribution in [-0.2, 0) is 9.59 Å². The number of amides is 2. The van der Waals surface area contributed by atoms with Crippen LogP contribution < -0.4 is 5.32 Å². The van der Waals surface area contributed by atoms with Crippen molar-refractivity contribution in [3.63, 3.8) is 0 Å². The van der Waals surface area contributed by atoms with Crippen LogP contribution in [0.3, 0.4) is 0 Å². The topological polar surface area (TPSA) is 52.7 Å². The van der Waals surface area contributed by atoms with E-state index in [2.05, 4.69) is 5.32 Å². The van der Waals surface area contributed by atoms with Gasteiger partial charge in [-0.3, -0.25) is 9.59 Å². The number of nitrogens with one attached hydrogen (secondary N) is 1. The first-order valence-corrected chi connectivity index (χ1v) is 8.77. The molecule has 112 valence electrons. The summed E-state index contributed by atoms with van der Waals surface area (Å²) >= 11 is 1.92. The SMILES string of the molecule is O=C(CC1CSCCN1)N1CCN(C(=O)C2CC2)CC1. The normalized spacial score (nSPS) is 27.5. The zero-order valence-corrected chi connectivity index (χ0v) is 12.7. The predicted molar refractivity (Wildman–Crippen MR) is 79.6 cm³/mol. The molecule has 1 saturated carbocycles. The summed E-state index contributed by atoms with van der Waals surface area (Å²) in [6, 6.07) is 0.326. The largest absolute Gasteiger partial charge is 0.339 e. The van der Waals surface area contributed by atoms with Crippen LogP contribution in [0.2, 0.25) is 0 Å². The van der Waals surface area contributed by atoms with E-state index in [0.29, 0.717) is 50.5 Å². The first-order chi connectivity index (χ1) is 9.74. The second-order valence-electron chi connectivity index (χ2n) is 5.91. The van der Waals surface area contributed by atoms with Gasteiger partial charge in [0.1, 0.15) is 0 Å². The van der Waals surface area contributed by atoms with Gasteiger partial charge in [-0.05, 0) is 12.8 Å². The smallest absolute Gasteiger partial charge is 0.225 e. The van der Waals surface area contributed by atoms with E-state index in [1.165, 1.54) is 0 Å². The number of hydrogen-bond donors (Lipinski definition) is 1. The molecule has 0 aromatic heterocycles. The summed E-state index contributed by atoms with van der Waals surface area (Å²) in [6.45, 7) is 3.85. The third-order valence-electron chi connectivity index (χ3n) is 4.29. The van der Waals surface area contributed by atoms with Crippen molar-refractivity contribution in [1.82, 2.24) is 15.1 Å². The Hall–Kier alpha value is -0.750. The summed E-state index contributed by atoms with van der Waals surface area (Å²) in [5.74, 6) is 3.02. The highest BCUT2D eigenvalue weighted by Crippen LogP contribution is 2.31. The lowest BCUT2D eigenvalue weighted by molar-refractivity contribution is -0.140. The molecule has 2 aliphatic heterocycles. The molecule has 1 unspecified atom stereocenters. The van der Waals surface area contributed by atoms with Crippen molar-refractivity contribution < 1.29 is 9.59 Å². The van der Waals surface area contributed by atoms with Gasteiger partial charge in [-0.15, -0.1) is 0 Å². The first kappa shape index (κ1) is 14.2. The molecule has 2 saturated heterocycles. The van der Waals surface area contributed by atoms with Gasteiger partial charge in [0.25, 0.3) is 0 Å². The van der Waals surface area contributed by atoms with Gasteiger partial charge in [0, 0.05) is 62.6 Å². The maximum Gasteiger partial charge on any atom is 0.225 e. The van der Waals surface area contributed by atoms with Crippen LogP contribution in [0.1, 0.15) is 19.3 Å². The van der Waals surface area contributed by atoms with Crippen LogP contribution in [0, 0.1) is 5.92 Å². The number of carbonyl (C=O) groups excluding carboxylic acids is 2. The van der Waals surface area contributed by atoms with Gasteiger partial charge in [0.15, 0.2) is 0 Å². The molecule has 0 radical (unpaired) electrons. The lowest BCUT2D eigenvalue weighted by Crippen LogP contribution is -2.52. The number of thioether (sulfide) groups is 1. The summed E-state index contributed by atoms with van der Waals surface area (Å²) in [5, 5.41) is 3.41. The van der Waals surface area contributed by atoms with Gasteiger partial charge in [0.2, 0.25) is 11.8 Å². The number of hydrogen-bond acceptors (Lipinski definition) is 4. The first-order valence-electron chi connectivity index (χ1n) is 7.62. The molecule has 1 N–H and O–H groups in total. The van der Waals surface area contributed by atoms with Gasteiger partial charge < -0.3 is 15.1 Å². The summed E-state index contributed by atoms with van der Waals surface area (Å²) in [5.41, 5.74) is 0. The molecule has 6 heteroatoms. The lowest BCUT2D eigenvalue weighted by atomic mass is 10.2. The van der Waals surface area contributed by atoms with Crippen LogP contribution in [0.25, 0.3) is 0 Å². The highest BCUT2D eigenvalue weighted by Gasteiger charge is 2.35. The predicted octanol–water partition coefficient (Wildman–Crippen LogP) is 0.162. The number of carbonyl (C=O) groups is 2. The molecule has 1 aliphatic carbocycles. The van der Waals surface area contributed by atoms with Crippen molar-refractivity contribution in [3.05, 3.63) is 0 Å². The zero-order valence-electron chi connectivity index (χ0n) is 11.8. The molecule has 3 aliphatic rings. The molecule has 20 heavy (non-hydrogen) atoms. The second kappa shape index (κ2) is 6.35. The maximum absolute atomic E-state index is 12.3. The minimum atomic E-state index is 0.239. The fourth-order valence-electron chi connectivity index (χ4n) is 2.86. The summed E-state index contributed by atoms with van der Waals surface area (Å²) in [6.07, 6.45) is 2.72. The molecule has 0 aromatic carbocycles. The van der Waals surface area contributed by atoms with Crippen molar-refractivity contribution in [1.29, 1.82) is 0 Å². The van der Waals surface area contributed by atoms with Crippen LogP contribution in [-0.4, -0.2) is 71.9 Å². The van der Waals surface area contributed by atoms with Crippen molar-refractivity contribution in [2.24, 2.45) is 5.92 Å². The van der Waals surface area contributed by atoms with Crippen LogP contribution in [0.4, 0.5) is 0 Å². The summed E-state index contributed by atoms with van der Waals surface area (Å²) < 4.78 is 0. The number of rotatable bonds is 3. The van der Waals surface area contributed by atoms with Crippen molar-refractivity contribution in [3.8, 4) is 0 Å². The van der Waals surface area contributed by atoms with E-state index in [9.17, 15) is 9.59 Å². The minimum absolute atomic E-state index is 0.239. The van der Waals surface area contributed by atoms with Crippen molar-refractivity contribution in [2.45, 2.75) is 25.3 Å². The molecule has 1 atom stereocenters. The standard InChI is InChI=1S/C14H23N3O2S/c18-13(9-12-10-20-8-3-15-12)16-4-6-17(7-5-16)14(19)11-1-2-11/h11-12,15H,1-10H2. The van der Waals surface area contributed by atoms with Crippen molar-refractivity contribution >= 4 is 23.6 Å². The molecule has 0 spiro atoms. The quantitative estimate of drug-likeness (QED) is 0.806. The van der Waals surface area contributed by atoms with Gasteiger partial charge in [-0.25, -0.2) is 0 Å². The lowest BCUT2D eigenvalue weighted by Gasteiger charge is -2.36. The molecule has 0 aromatic rings. The molecular formula is C14H23N3O2S. The Bertz CT molecular complexity index is 373. The monoisotopic (exact) mass is 297 g/mol. The Labute approximate surface area is 124 Å². The minimum Gasteiger partial charge on any atom is -0.339 e. The molecule has 5 nitrogen and oxygen atoms in total. The number of piperazine rings is 1. The molecule has 0 bridgehead atoms. The highest BCUT2D eigenvalue weighted by atomic mass is 32.2. The van der Waals surface area contributed by atoms with Crippen LogP contribution >= 0.6 is 11.8 Å². The average Bonchev–Trinajstić information content (AvgIpc) is 3.32. The van der Waals surface area contributed by atoms with Gasteiger partial charge >= 0.3 is 0 Å². The zero-order chi connectivity index (χ0) is 13.9. The average molecular weight is 297 g/mol. The van der Waals surface area contributed by atoms with E-state index in [1.807, 2.05) is 21.6 Å². The van der Waals surface area contributed by atoms with Crippen molar-refractivity contribution in [2.75, 3.05) is 44.2 Å². The van der Waals surface area contributed by atoms with Gasteiger partial charge in [0.05, 0.1) is 0 Å². The second-order valence-corrected chi connectivity index (χ2v) is 7.06. The Kier molecular flexibility index (Phi) is 4.51. The van der Waals surface area contributed by atoms with E-state index in [1.54, 1.807) is 0 Å². The highest BCUT2D eigenvalue weighted by molar-refractivity contribution is 7.99. The molecule has 3 rings (SSSR count). The molecule has 2 heterocycles. The van der Waals surface area contributed by atoms with Crippen LogP contribution in [0.5, 0.6) is 0 Å². The van der Waals surface area contributed by atoms with E-state index < -0.39 is 0 Å². The van der Waals surface area contributed by atoms with E-state index in [-0.39, 0.29) is 5.91 Å². The maximum atomic E-state index is 12.3.